The first kappa shape index (κ1) is 14.2. The minimum atomic E-state index is 0.0150. The summed E-state index contributed by atoms with van der Waals surface area (Å²) in [5.74, 6) is 0.449. The van der Waals surface area contributed by atoms with E-state index >= 15 is 0 Å². The summed E-state index contributed by atoms with van der Waals surface area (Å²) in [6, 6.07) is 7.41. The highest BCUT2D eigenvalue weighted by Crippen LogP contribution is 2.13. The van der Waals surface area contributed by atoms with Crippen molar-refractivity contribution in [3.05, 3.63) is 57.0 Å². The van der Waals surface area contributed by atoms with E-state index in [1.165, 1.54) is 0 Å². The molecule has 6 heteroatoms. The van der Waals surface area contributed by atoms with Crippen LogP contribution in [-0.4, -0.2) is 14.5 Å². The van der Waals surface area contributed by atoms with Gasteiger partial charge in [-0.15, -0.1) is 22.9 Å². The number of para-hydroxylation sites is 1. The zero-order valence-electron chi connectivity index (χ0n) is 11.3. The molecule has 0 aliphatic rings. The van der Waals surface area contributed by atoms with Gasteiger partial charge in [-0.25, -0.2) is 9.97 Å². The normalized spacial score (nSPS) is 11.1. The monoisotopic (exact) mass is 319 g/mol. The summed E-state index contributed by atoms with van der Waals surface area (Å²) < 4.78 is 1.67. The Kier molecular flexibility index (Phi) is 4.31. The van der Waals surface area contributed by atoms with E-state index in [4.69, 9.17) is 11.6 Å². The quantitative estimate of drug-likeness (QED) is 0.678. The minimum Gasteiger partial charge on any atom is -0.299 e. The Morgan fingerprint density at radius 3 is 2.95 bits per heavy atom. The van der Waals surface area contributed by atoms with Crippen molar-refractivity contribution in [3.63, 3.8) is 0 Å². The molecule has 2 heterocycles. The van der Waals surface area contributed by atoms with E-state index in [2.05, 4.69) is 9.97 Å². The Morgan fingerprint density at radius 2 is 2.14 bits per heavy atom. The van der Waals surface area contributed by atoms with Crippen molar-refractivity contribution >= 4 is 33.8 Å². The maximum absolute atomic E-state index is 12.3. The fraction of sp³-hybridized carbons (Fsp3) is 0.267. The van der Waals surface area contributed by atoms with E-state index in [1.54, 1.807) is 22.2 Å². The van der Waals surface area contributed by atoms with Gasteiger partial charge in [-0.1, -0.05) is 12.1 Å². The number of aromatic nitrogens is 3. The Labute approximate surface area is 131 Å². The van der Waals surface area contributed by atoms with Gasteiger partial charge >= 0.3 is 0 Å². The number of hydrogen-bond donors (Lipinski definition) is 0. The molecule has 0 N–H and O–H groups in total. The van der Waals surface area contributed by atoms with Crippen LogP contribution < -0.4 is 5.56 Å². The fourth-order valence-electron chi connectivity index (χ4n) is 2.19. The van der Waals surface area contributed by atoms with Gasteiger partial charge in [0, 0.05) is 18.3 Å². The van der Waals surface area contributed by atoms with Crippen molar-refractivity contribution in [2.75, 3.05) is 0 Å². The zero-order chi connectivity index (χ0) is 14.7. The molecule has 0 bridgehead atoms. The molecule has 0 atom stereocenters. The van der Waals surface area contributed by atoms with Crippen molar-refractivity contribution in [3.8, 4) is 0 Å². The van der Waals surface area contributed by atoms with Crippen molar-refractivity contribution in [2.24, 2.45) is 0 Å². The summed E-state index contributed by atoms with van der Waals surface area (Å²) in [6.45, 7) is 0.645. The third-order valence-corrected chi connectivity index (χ3v) is 4.49. The average Bonchev–Trinajstić information content (AvgIpc) is 2.98. The number of alkyl halides is 1. The molecule has 0 fully saturated rings. The van der Waals surface area contributed by atoms with Gasteiger partial charge in [0.25, 0.3) is 5.56 Å². The van der Waals surface area contributed by atoms with Crippen LogP contribution in [0.5, 0.6) is 0 Å². The molecule has 108 valence electrons. The molecule has 0 unspecified atom stereocenters. The van der Waals surface area contributed by atoms with Crippen LogP contribution in [0.1, 0.15) is 17.1 Å². The van der Waals surface area contributed by atoms with E-state index in [0.717, 1.165) is 29.1 Å². The summed E-state index contributed by atoms with van der Waals surface area (Å²) in [5, 5.41) is 3.71. The second-order valence-corrected chi connectivity index (χ2v) is 5.94. The van der Waals surface area contributed by atoms with Gasteiger partial charge in [-0.3, -0.25) is 9.36 Å². The number of rotatable bonds is 5. The molecular formula is C15H14ClN3OS. The van der Waals surface area contributed by atoms with E-state index in [9.17, 15) is 4.79 Å². The average molecular weight is 320 g/mol. The van der Waals surface area contributed by atoms with Crippen LogP contribution in [0, 0.1) is 0 Å². The largest absolute Gasteiger partial charge is 0.299 e. The predicted octanol–water partition coefficient (Wildman–Crippen LogP) is 3.22. The molecule has 0 spiro atoms. The third-order valence-electron chi connectivity index (χ3n) is 3.26. The first-order valence-electron chi connectivity index (χ1n) is 6.71. The van der Waals surface area contributed by atoms with Crippen LogP contribution >= 0.6 is 22.9 Å². The molecular weight excluding hydrogens is 306 g/mol. The highest BCUT2D eigenvalue weighted by atomic mass is 35.5. The van der Waals surface area contributed by atoms with Crippen LogP contribution in [0.4, 0.5) is 0 Å². The van der Waals surface area contributed by atoms with Crippen molar-refractivity contribution in [2.45, 2.75) is 25.3 Å². The Morgan fingerprint density at radius 1 is 1.29 bits per heavy atom. The summed E-state index contributed by atoms with van der Waals surface area (Å²) in [6.07, 6.45) is 3.33. The molecule has 3 aromatic rings. The lowest BCUT2D eigenvalue weighted by atomic mass is 10.2. The Balaban J connectivity index is 1.70. The molecule has 1 aromatic carbocycles. The third kappa shape index (κ3) is 3.14. The molecule has 0 radical (unpaired) electrons. The Bertz CT molecular complexity index is 812. The van der Waals surface area contributed by atoms with Crippen LogP contribution in [-0.2, 0) is 18.8 Å². The number of fused-ring (bicyclic) bond motifs is 1. The number of hydrogen-bond acceptors (Lipinski definition) is 4. The fourth-order valence-corrected chi connectivity index (χ4v) is 3.26. The van der Waals surface area contributed by atoms with Gasteiger partial charge in [0.05, 0.1) is 33.8 Å². The topological polar surface area (TPSA) is 47.8 Å². The van der Waals surface area contributed by atoms with E-state index in [-0.39, 0.29) is 5.56 Å². The molecule has 4 nitrogen and oxygen atoms in total. The maximum Gasteiger partial charge on any atom is 0.261 e. The second-order valence-electron chi connectivity index (χ2n) is 4.73. The standard InChI is InChI=1S/C15H14ClN3OS/c16-8-11-9-21-14(18-11)6-3-7-19-10-17-13-5-2-1-4-12(13)15(19)20/h1-2,4-5,9-10H,3,6-8H2. The number of thiazole rings is 1. The summed E-state index contributed by atoms with van der Waals surface area (Å²) >= 11 is 7.35. The molecule has 0 amide bonds. The van der Waals surface area contributed by atoms with Crippen molar-refractivity contribution < 1.29 is 0 Å². The van der Waals surface area contributed by atoms with E-state index in [1.807, 2.05) is 29.6 Å². The smallest absolute Gasteiger partial charge is 0.261 e. The van der Waals surface area contributed by atoms with Gasteiger partial charge in [-0.05, 0) is 18.6 Å². The molecule has 0 saturated heterocycles. The first-order valence-corrected chi connectivity index (χ1v) is 8.13. The van der Waals surface area contributed by atoms with Crippen LogP contribution in [0.15, 0.2) is 40.8 Å². The minimum absolute atomic E-state index is 0.0150. The molecule has 0 saturated carbocycles. The molecule has 3 rings (SSSR count). The molecule has 0 aliphatic carbocycles. The van der Waals surface area contributed by atoms with E-state index in [0.29, 0.717) is 17.8 Å². The summed E-state index contributed by atoms with van der Waals surface area (Å²) in [5.41, 5.74) is 1.67. The SMILES string of the molecule is O=c1c2ccccc2ncn1CCCc1nc(CCl)cs1. The van der Waals surface area contributed by atoms with Gasteiger partial charge in [0.15, 0.2) is 0 Å². The highest BCUT2D eigenvalue weighted by molar-refractivity contribution is 7.09. The molecule has 2 aromatic heterocycles. The van der Waals surface area contributed by atoms with Crippen molar-refractivity contribution in [1.82, 2.24) is 14.5 Å². The van der Waals surface area contributed by atoms with Crippen LogP contribution in [0.3, 0.4) is 0 Å². The number of benzene rings is 1. The Hall–Kier alpha value is -1.72. The van der Waals surface area contributed by atoms with Gasteiger partial charge in [0.1, 0.15) is 0 Å². The number of halogens is 1. The van der Waals surface area contributed by atoms with Crippen molar-refractivity contribution in [1.29, 1.82) is 0 Å². The number of aryl methyl sites for hydroxylation is 2. The van der Waals surface area contributed by atoms with Gasteiger partial charge in [0.2, 0.25) is 0 Å². The molecule has 0 aliphatic heterocycles. The number of nitrogens with zero attached hydrogens (tertiary/aromatic N) is 3. The van der Waals surface area contributed by atoms with Gasteiger partial charge < -0.3 is 0 Å². The predicted molar refractivity (Wildman–Crippen MR) is 86.0 cm³/mol. The van der Waals surface area contributed by atoms with Gasteiger partial charge in [-0.2, -0.15) is 0 Å². The first-order chi connectivity index (χ1) is 10.3. The highest BCUT2D eigenvalue weighted by Gasteiger charge is 2.05. The summed E-state index contributed by atoms with van der Waals surface area (Å²) in [7, 11) is 0. The van der Waals surface area contributed by atoms with Crippen LogP contribution in [0.2, 0.25) is 0 Å². The zero-order valence-corrected chi connectivity index (χ0v) is 12.9. The van der Waals surface area contributed by atoms with Crippen LogP contribution in [0.25, 0.3) is 10.9 Å². The molecule has 21 heavy (non-hydrogen) atoms. The van der Waals surface area contributed by atoms with E-state index < -0.39 is 0 Å². The maximum atomic E-state index is 12.3. The lowest BCUT2D eigenvalue weighted by Crippen LogP contribution is -2.20. The summed E-state index contributed by atoms with van der Waals surface area (Å²) in [4.78, 5) is 21.0. The second kappa shape index (κ2) is 6.37. The lowest BCUT2D eigenvalue weighted by molar-refractivity contribution is 0.616. The lowest BCUT2D eigenvalue weighted by Gasteiger charge is -2.05.